The molecule has 2 aromatic rings. The van der Waals surface area contributed by atoms with E-state index in [1.807, 2.05) is 0 Å². The van der Waals surface area contributed by atoms with Crippen LogP contribution in [0.4, 0.5) is 0 Å². The van der Waals surface area contributed by atoms with Crippen LogP contribution in [0.3, 0.4) is 0 Å². The quantitative estimate of drug-likeness (QED) is 0.0176. The summed E-state index contributed by atoms with van der Waals surface area (Å²) >= 11 is 0. The van der Waals surface area contributed by atoms with Gasteiger partial charge in [0.25, 0.3) is 0 Å². The van der Waals surface area contributed by atoms with Gasteiger partial charge in [0.05, 0.1) is 4.90 Å². The number of hydrogen-bond donors (Lipinski definition) is 16. The van der Waals surface area contributed by atoms with E-state index in [-0.39, 0.29) is 132 Å². The lowest BCUT2D eigenvalue weighted by atomic mass is 10.0. The lowest BCUT2D eigenvalue weighted by Crippen LogP contribution is -2.58. The number of aliphatic imine (C=N–C) groups is 4. The summed E-state index contributed by atoms with van der Waals surface area (Å²) < 4.78 is 28.3. The third-order valence-electron chi connectivity index (χ3n) is 10.3. The minimum absolute atomic E-state index is 0.0222. The molecular formula is C42H70N20O10S. The number of benzene rings is 1. The van der Waals surface area contributed by atoms with Crippen molar-refractivity contribution in [3.05, 3.63) is 36.7 Å². The zero-order valence-electron chi connectivity index (χ0n) is 40.5. The average molecular weight is 1050 g/mol. The third kappa shape index (κ3) is 24.5. The van der Waals surface area contributed by atoms with Gasteiger partial charge < -0.3 is 82.9 Å². The molecule has 0 saturated heterocycles. The number of amides is 6. The van der Waals surface area contributed by atoms with Gasteiger partial charge in [0.2, 0.25) is 45.5 Å². The van der Waals surface area contributed by atoms with Crippen LogP contribution in [0, 0.1) is 0 Å². The number of nitrogens with two attached hydrogens (primary N) is 8. The maximum atomic E-state index is 14.0. The Labute approximate surface area is 421 Å². The van der Waals surface area contributed by atoms with Crippen LogP contribution in [0.1, 0.15) is 71.1 Å². The summed E-state index contributed by atoms with van der Waals surface area (Å²) in [6.07, 6.45) is 2.74. The number of pyridine rings is 1. The first-order valence-electron chi connectivity index (χ1n) is 23.0. The molecule has 0 bridgehead atoms. The van der Waals surface area contributed by atoms with Crippen LogP contribution in [0.15, 0.2) is 61.5 Å². The molecule has 0 aliphatic carbocycles. The fraction of sp³-hybridized carbons (Fsp3) is 0.524. The van der Waals surface area contributed by atoms with Gasteiger partial charge in [-0.05, 0) is 70.4 Å². The maximum Gasteiger partial charge on any atom is 0.326 e. The highest BCUT2D eigenvalue weighted by molar-refractivity contribution is 7.89. The van der Waals surface area contributed by atoms with Gasteiger partial charge in [0, 0.05) is 75.3 Å². The van der Waals surface area contributed by atoms with E-state index in [2.05, 4.69) is 61.6 Å². The number of carboxylic acids is 1. The molecule has 5 atom stereocenters. The molecule has 1 aromatic carbocycles. The van der Waals surface area contributed by atoms with Crippen molar-refractivity contribution in [2.45, 2.75) is 106 Å². The van der Waals surface area contributed by atoms with Crippen molar-refractivity contribution in [1.82, 2.24) is 41.6 Å². The Kier molecular flexibility index (Phi) is 26.8. The molecule has 0 radical (unpaired) electrons. The van der Waals surface area contributed by atoms with Gasteiger partial charge >= 0.3 is 5.97 Å². The second kappa shape index (κ2) is 32.0. The van der Waals surface area contributed by atoms with Gasteiger partial charge in [-0.25, -0.2) is 17.9 Å². The Morgan fingerprint density at radius 1 is 0.575 bits per heavy atom. The molecule has 73 heavy (non-hydrogen) atoms. The molecule has 30 nitrogen and oxygen atoms in total. The lowest BCUT2D eigenvalue weighted by molar-refractivity contribution is -0.142. The molecule has 24 N–H and O–H groups in total. The number of guanidine groups is 4. The maximum absolute atomic E-state index is 14.0. The average Bonchev–Trinajstić information content (AvgIpc) is 3.31. The van der Waals surface area contributed by atoms with Crippen LogP contribution < -0.4 is 82.5 Å². The van der Waals surface area contributed by atoms with Crippen LogP contribution in [0.2, 0.25) is 0 Å². The molecule has 1 heterocycles. The van der Waals surface area contributed by atoms with Crippen LogP contribution in [0.25, 0.3) is 10.8 Å². The molecule has 0 spiro atoms. The Bertz CT molecular complexity index is 2420. The van der Waals surface area contributed by atoms with Crippen LogP contribution in [-0.2, 0) is 43.6 Å². The van der Waals surface area contributed by atoms with E-state index in [1.54, 1.807) is 18.2 Å². The van der Waals surface area contributed by atoms with Crippen molar-refractivity contribution >= 4 is 86.0 Å². The van der Waals surface area contributed by atoms with Crippen molar-refractivity contribution in [3.63, 3.8) is 0 Å². The van der Waals surface area contributed by atoms with Gasteiger partial charge in [0.1, 0.15) is 30.2 Å². The highest BCUT2D eigenvalue weighted by atomic mass is 32.2. The number of hydrogen-bond acceptors (Lipinski definition) is 14. The summed E-state index contributed by atoms with van der Waals surface area (Å²) in [4.78, 5) is 112. The molecule has 0 unspecified atom stereocenters. The van der Waals surface area contributed by atoms with E-state index < -0.39 is 81.6 Å². The number of carbonyl (C=O) groups is 7. The molecule has 2 rings (SSSR count). The predicted molar refractivity (Wildman–Crippen MR) is 272 cm³/mol. The monoisotopic (exact) mass is 1050 g/mol. The number of sulfonamides is 1. The molecule has 0 fully saturated rings. The van der Waals surface area contributed by atoms with E-state index in [1.165, 1.54) is 25.4 Å². The predicted octanol–water partition coefficient (Wildman–Crippen LogP) is -5.85. The molecule has 0 aliphatic heterocycles. The Balaban J connectivity index is 2.17. The number of carbonyl (C=O) groups excluding carboxylic acids is 6. The van der Waals surface area contributed by atoms with Crippen LogP contribution >= 0.6 is 0 Å². The Morgan fingerprint density at radius 3 is 1.45 bits per heavy atom. The minimum Gasteiger partial charge on any atom is -0.480 e. The second-order valence-electron chi connectivity index (χ2n) is 16.3. The molecule has 0 saturated carbocycles. The van der Waals surface area contributed by atoms with Gasteiger partial charge in [-0.1, -0.05) is 12.1 Å². The van der Waals surface area contributed by atoms with Gasteiger partial charge in [-0.15, -0.1) is 0 Å². The molecule has 404 valence electrons. The number of nitrogens with one attached hydrogen (secondary N) is 7. The third-order valence-corrected chi connectivity index (χ3v) is 11.8. The van der Waals surface area contributed by atoms with Crippen molar-refractivity contribution in [2.75, 3.05) is 39.3 Å². The Hall–Kier alpha value is -8.09. The summed E-state index contributed by atoms with van der Waals surface area (Å²) in [7, 11) is -3.98. The highest BCUT2D eigenvalue weighted by Crippen LogP contribution is 2.21. The van der Waals surface area contributed by atoms with Crippen LogP contribution in [-0.4, -0.2) is 153 Å². The largest absolute Gasteiger partial charge is 0.480 e. The number of aliphatic carboxylic acids is 1. The first-order chi connectivity index (χ1) is 34.5. The fourth-order valence-corrected chi connectivity index (χ4v) is 7.94. The van der Waals surface area contributed by atoms with E-state index >= 15 is 0 Å². The Morgan fingerprint density at radius 2 is 1.00 bits per heavy atom. The summed E-state index contributed by atoms with van der Waals surface area (Å²) in [5.74, 6) is -6.90. The SMILES string of the molecule is C[C@H](NC(=O)CCNC(=O)CCNS(=O)(=O)c1cccc2cnccc12)C(=O)N[C@@H](CCCN=C(N)N)C(=O)N[C@@H](CCCN=C(N)N)C(=O)N[C@@H](CCCN=C(N)N)C(=O)N[C@@H](CCCN=C(N)N)C(=O)O. The number of carboxylic acid groups (broad SMARTS) is 1. The second-order valence-corrected chi connectivity index (χ2v) is 18.0. The van der Waals surface area contributed by atoms with Crippen LogP contribution in [0.5, 0.6) is 0 Å². The van der Waals surface area contributed by atoms with Gasteiger partial charge in [-0.3, -0.25) is 53.7 Å². The lowest BCUT2D eigenvalue weighted by Gasteiger charge is -2.26. The van der Waals surface area contributed by atoms with Gasteiger partial charge in [0.15, 0.2) is 23.8 Å². The van der Waals surface area contributed by atoms with Crippen molar-refractivity contribution in [1.29, 1.82) is 0 Å². The van der Waals surface area contributed by atoms with E-state index in [0.29, 0.717) is 10.8 Å². The van der Waals surface area contributed by atoms with Crippen molar-refractivity contribution in [3.8, 4) is 0 Å². The zero-order chi connectivity index (χ0) is 54.5. The normalized spacial score (nSPS) is 13.0. The summed E-state index contributed by atoms with van der Waals surface area (Å²) in [6, 6.07) is -0.457. The van der Waals surface area contributed by atoms with Gasteiger partial charge in [-0.2, -0.15) is 0 Å². The topological polar surface area (TPSA) is 529 Å². The van der Waals surface area contributed by atoms with E-state index in [0.717, 1.165) is 0 Å². The fourth-order valence-electron chi connectivity index (χ4n) is 6.68. The molecular weight excluding hydrogens is 977 g/mol. The number of nitrogens with zero attached hydrogens (tertiary/aromatic N) is 5. The number of fused-ring (bicyclic) bond motifs is 1. The van der Waals surface area contributed by atoms with E-state index in [4.69, 9.17) is 45.9 Å². The number of rotatable bonds is 34. The van der Waals surface area contributed by atoms with E-state index in [9.17, 15) is 47.1 Å². The van der Waals surface area contributed by atoms with Crippen molar-refractivity contribution in [2.24, 2.45) is 65.8 Å². The molecule has 1 aromatic heterocycles. The molecule has 31 heteroatoms. The summed E-state index contributed by atoms with van der Waals surface area (Å²) in [5, 5.41) is 26.1. The standard InChI is InChI=1S/C42H70N20O10S/c1-24(58-33(64)14-21-52-32(63)15-22-57-73(71,72)31-12-2-7-25-23-51-20-13-26(25)31)34(65)59-27(8-3-16-53-39(43)44)35(66)60-28(9-4-17-54-40(45)46)36(67)61-29(10-5-18-55-41(47)48)37(68)62-30(38(69)70)11-6-19-56-42(49)50/h2,7,12-13,20,23-24,27-30,57H,3-6,8-11,14-19,21-22H2,1H3,(H,52,63)(H,58,64)(H,59,65)(H,60,66)(H,61,67)(H,62,68)(H,69,70)(H4,43,44,53)(H4,45,46,54)(H4,47,48,55)(H4,49,50,56)/t24-,27-,28-,29-,30-/m0/s1. The smallest absolute Gasteiger partial charge is 0.326 e. The highest BCUT2D eigenvalue weighted by Gasteiger charge is 2.32. The number of aromatic nitrogens is 1. The minimum atomic E-state index is -3.98. The summed E-state index contributed by atoms with van der Waals surface area (Å²) in [6.45, 7) is 1.13. The summed E-state index contributed by atoms with van der Waals surface area (Å²) in [5.41, 5.74) is 43.4. The molecule has 0 aliphatic rings. The van der Waals surface area contributed by atoms with Crippen molar-refractivity contribution < 1.29 is 47.1 Å². The first-order valence-corrected chi connectivity index (χ1v) is 24.5. The first kappa shape index (κ1) is 61.0. The molecule has 6 amide bonds. The zero-order valence-corrected chi connectivity index (χ0v) is 41.4.